The standard InChI is InChI=1S/C15H19N5O.2ClH/c1-11-10-12(5-8-16-11)15(21)19-13-4-2-6-17-14(13)20-9-3-7-18-20;;/h2-4,6-7,9,11-12,16H,5,8,10H2,1H3,(H,19,21);2*1H/t11-,12-;;/m0../s1. The molecule has 0 saturated carbocycles. The summed E-state index contributed by atoms with van der Waals surface area (Å²) in [5.41, 5.74) is 0.692. The number of carbonyl (C=O) groups excluding carboxylic acids is 1. The van der Waals surface area contributed by atoms with Crippen LogP contribution in [-0.4, -0.2) is 33.3 Å². The van der Waals surface area contributed by atoms with Crippen LogP contribution in [0, 0.1) is 5.92 Å². The molecule has 6 nitrogen and oxygen atoms in total. The molecule has 126 valence electrons. The molecule has 1 fully saturated rings. The maximum Gasteiger partial charge on any atom is 0.227 e. The van der Waals surface area contributed by atoms with Crippen LogP contribution in [0.3, 0.4) is 0 Å². The van der Waals surface area contributed by atoms with Gasteiger partial charge in [-0.25, -0.2) is 9.67 Å². The van der Waals surface area contributed by atoms with E-state index in [1.54, 1.807) is 17.1 Å². The largest absolute Gasteiger partial charge is 0.323 e. The SMILES string of the molecule is C[C@H]1C[C@@H](C(=O)Nc2cccnc2-n2cccn2)CCN1.Cl.Cl. The molecule has 1 amide bonds. The lowest BCUT2D eigenvalue weighted by atomic mass is 9.92. The summed E-state index contributed by atoms with van der Waals surface area (Å²) in [6.45, 7) is 3.00. The first-order chi connectivity index (χ1) is 10.2. The lowest BCUT2D eigenvalue weighted by molar-refractivity contribution is -0.120. The van der Waals surface area contributed by atoms with Crippen LogP contribution in [0.1, 0.15) is 19.8 Å². The summed E-state index contributed by atoms with van der Waals surface area (Å²) >= 11 is 0. The zero-order valence-electron chi connectivity index (χ0n) is 12.8. The molecule has 3 heterocycles. The third-order valence-electron chi connectivity index (χ3n) is 3.76. The Bertz CT molecular complexity index is 620. The zero-order valence-corrected chi connectivity index (χ0v) is 14.4. The molecule has 0 radical (unpaired) electrons. The second-order valence-electron chi connectivity index (χ2n) is 5.39. The van der Waals surface area contributed by atoms with Gasteiger partial charge in [0, 0.05) is 30.6 Å². The van der Waals surface area contributed by atoms with E-state index in [4.69, 9.17) is 0 Å². The van der Waals surface area contributed by atoms with Gasteiger partial charge in [-0.3, -0.25) is 4.79 Å². The summed E-state index contributed by atoms with van der Waals surface area (Å²) in [6, 6.07) is 5.88. The normalized spacial score (nSPS) is 20.0. The Labute approximate surface area is 147 Å². The van der Waals surface area contributed by atoms with Crippen molar-refractivity contribution in [2.45, 2.75) is 25.8 Å². The van der Waals surface area contributed by atoms with Crippen molar-refractivity contribution in [1.82, 2.24) is 20.1 Å². The summed E-state index contributed by atoms with van der Waals surface area (Å²) in [6.07, 6.45) is 6.93. The van der Waals surface area contributed by atoms with Gasteiger partial charge in [-0.15, -0.1) is 24.8 Å². The number of anilines is 1. The number of pyridine rings is 1. The monoisotopic (exact) mass is 357 g/mol. The number of piperidine rings is 1. The summed E-state index contributed by atoms with van der Waals surface area (Å²) in [4.78, 5) is 16.7. The molecule has 1 aliphatic heterocycles. The van der Waals surface area contributed by atoms with Crippen LogP contribution in [0.15, 0.2) is 36.8 Å². The van der Waals surface area contributed by atoms with Crippen LogP contribution in [-0.2, 0) is 4.79 Å². The minimum Gasteiger partial charge on any atom is -0.323 e. The van der Waals surface area contributed by atoms with Gasteiger partial charge in [0.25, 0.3) is 0 Å². The molecule has 2 atom stereocenters. The fourth-order valence-corrected chi connectivity index (χ4v) is 2.68. The Hall–Kier alpha value is -1.63. The molecule has 2 aromatic rings. The summed E-state index contributed by atoms with van der Waals surface area (Å²) in [5, 5.41) is 10.5. The number of amides is 1. The number of hydrogen-bond donors (Lipinski definition) is 2. The van der Waals surface area contributed by atoms with Crippen molar-refractivity contribution >= 4 is 36.4 Å². The number of nitrogens with one attached hydrogen (secondary N) is 2. The predicted molar refractivity (Wildman–Crippen MR) is 94.7 cm³/mol. The van der Waals surface area contributed by atoms with Gasteiger partial charge in [0.1, 0.15) is 0 Å². The molecule has 1 aliphatic rings. The first kappa shape index (κ1) is 19.4. The van der Waals surface area contributed by atoms with E-state index in [0.29, 0.717) is 17.5 Å². The average Bonchev–Trinajstić information content (AvgIpc) is 3.02. The average molecular weight is 358 g/mol. The number of hydrogen-bond acceptors (Lipinski definition) is 4. The fraction of sp³-hybridized carbons (Fsp3) is 0.400. The van der Waals surface area contributed by atoms with E-state index in [1.165, 1.54) is 0 Å². The Balaban J connectivity index is 0.00000132. The summed E-state index contributed by atoms with van der Waals surface area (Å²) in [7, 11) is 0. The predicted octanol–water partition coefficient (Wildman–Crippen LogP) is 2.44. The maximum absolute atomic E-state index is 12.4. The molecule has 0 aromatic carbocycles. The second-order valence-corrected chi connectivity index (χ2v) is 5.39. The van der Waals surface area contributed by atoms with E-state index in [9.17, 15) is 4.79 Å². The zero-order chi connectivity index (χ0) is 14.7. The van der Waals surface area contributed by atoms with Crippen molar-refractivity contribution in [2.24, 2.45) is 5.92 Å². The minimum atomic E-state index is 0. The lowest BCUT2D eigenvalue weighted by Crippen LogP contribution is -2.40. The molecule has 3 rings (SSSR count). The number of rotatable bonds is 3. The van der Waals surface area contributed by atoms with E-state index >= 15 is 0 Å². The smallest absolute Gasteiger partial charge is 0.227 e. The minimum absolute atomic E-state index is 0. The van der Waals surface area contributed by atoms with Crippen LogP contribution >= 0.6 is 24.8 Å². The van der Waals surface area contributed by atoms with E-state index in [-0.39, 0.29) is 36.6 Å². The molecule has 0 bridgehead atoms. The highest BCUT2D eigenvalue weighted by Gasteiger charge is 2.25. The van der Waals surface area contributed by atoms with Crippen LogP contribution in [0.4, 0.5) is 5.69 Å². The van der Waals surface area contributed by atoms with Crippen LogP contribution in [0.5, 0.6) is 0 Å². The number of aromatic nitrogens is 3. The Morgan fingerprint density at radius 1 is 1.35 bits per heavy atom. The molecular formula is C15H21Cl2N5O. The van der Waals surface area contributed by atoms with E-state index in [0.717, 1.165) is 19.4 Å². The van der Waals surface area contributed by atoms with Gasteiger partial charge < -0.3 is 10.6 Å². The quantitative estimate of drug-likeness (QED) is 0.884. The molecule has 0 aliphatic carbocycles. The molecule has 2 aromatic heterocycles. The highest BCUT2D eigenvalue weighted by molar-refractivity contribution is 5.94. The van der Waals surface area contributed by atoms with Crippen molar-refractivity contribution in [2.75, 3.05) is 11.9 Å². The topological polar surface area (TPSA) is 71.8 Å². The molecule has 1 saturated heterocycles. The molecule has 2 N–H and O–H groups in total. The molecule has 23 heavy (non-hydrogen) atoms. The van der Waals surface area contributed by atoms with Gasteiger partial charge in [-0.2, -0.15) is 5.10 Å². The summed E-state index contributed by atoms with van der Waals surface area (Å²) in [5.74, 6) is 0.745. The van der Waals surface area contributed by atoms with Gasteiger partial charge in [-0.05, 0) is 44.5 Å². The van der Waals surface area contributed by atoms with E-state index in [1.807, 2.05) is 24.4 Å². The van der Waals surface area contributed by atoms with E-state index < -0.39 is 0 Å². The molecular weight excluding hydrogens is 337 g/mol. The first-order valence-corrected chi connectivity index (χ1v) is 7.23. The Kier molecular flexibility index (Phi) is 7.48. The lowest BCUT2D eigenvalue weighted by Gasteiger charge is -2.27. The van der Waals surface area contributed by atoms with Gasteiger partial charge in [0.15, 0.2) is 5.82 Å². The van der Waals surface area contributed by atoms with Crippen LogP contribution < -0.4 is 10.6 Å². The molecule has 0 unspecified atom stereocenters. The second kappa shape index (κ2) is 8.86. The van der Waals surface area contributed by atoms with Crippen LogP contribution in [0.2, 0.25) is 0 Å². The van der Waals surface area contributed by atoms with Crippen molar-refractivity contribution in [3.05, 3.63) is 36.8 Å². The van der Waals surface area contributed by atoms with Gasteiger partial charge >= 0.3 is 0 Å². The fourth-order valence-electron chi connectivity index (χ4n) is 2.68. The van der Waals surface area contributed by atoms with Crippen molar-refractivity contribution in [3.63, 3.8) is 0 Å². The first-order valence-electron chi connectivity index (χ1n) is 7.23. The third kappa shape index (κ3) is 4.67. The van der Waals surface area contributed by atoms with Crippen molar-refractivity contribution in [1.29, 1.82) is 0 Å². The van der Waals surface area contributed by atoms with Gasteiger partial charge in [-0.1, -0.05) is 0 Å². The highest BCUT2D eigenvalue weighted by atomic mass is 35.5. The van der Waals surface area contributed by atoms with Crippen molar-refractivity contribution < 1.29 is 4.79 Å². The number of nitrogens with zero attached hydrogens (tertiary/aromatic N) is 3. The van der Waals surface area contributed by atoms with Gasteiger partial charge in [0.05, 0.1) is 5.69 Å². The Morgan fingerprint density at radius 3 is 2.87 bits per heavy atom. The highest BCUT2D eigenvalue weighted by Crippen LogP contribution is 2.21. The third-order valence-corrected chi connectivity index (χ3v) is 3.76. The van der Waals surface area contributed by atoms with E-state index in [2.05, 4.69) is 27.6 Å². The molecule has 8 heteroatoms. The number of carbonyl (C=O) groups is 1. The number of halogens is 2. The molecule has 0 spiro atoms. The van der Waals surface area contributed by atoms with Crippen LogP contribution in [0.25, 0.3) is 5.82 Å². The van der Waals surface area contributed by atoms with Crippen molar-refractivity contribution in [3.8, 4) is 5.82 Å². The maximum atomic E-state index is 12.4. The van der Waals surface area contributed by atoms with Gasteiger partial charge in [0.2, 0.25) is 5.91 Å². The summed E-state index contributed by atoms with van der Waals surface area (Å²) < 4.78 is 1.65. The Morgan fingerprint density at radius 2 is 2.17 bits per heavy atom.